The third-order valence-corrected chi connectivity index (χ3v) is 6.56. The molecule has 0 aromatic carbocycles. The van der Waals surface area contributed by atoms with Gasteiger partial charge in [-0.1, -0.05) is 6.07 Å². The highest BCUT2D eigenvalue weighted by Gasteiger charge is 2.41. The van der Waals surface area contributed by atoms with Crippen LogP contribution < -0.4 is 0 Å². The molecule has 2 saturated heterocycles. The lowest BCUT2D eigenvalue weighted by Crippen LogP contribution is -2.56. The zero-order valence-corrected chi connectivity index (χ0v) is 23.7. The van der Waals surface area contributed by atoms with Gasteiger partial charge in [0.15, 0.2) is 0 Å². The predicted molar refractivity (Wildman–Crippen MR) is 136 cm³/mol. The van der Waals surface area contributed by atoms with Crippen LogP contribution in [-0.4, -0.2) is 110 Å². The number of likely N-dealkylation sites (tertiary alicyclic amines) is 1. The first-order valence-electron chi connectivity index (χ1n) is 12.4. The standard InChI is InChI=1S/C18H24N4OS.3C2HF3O2/c1-2-16(12-19-5-1)13-22-9-10-23-18(15-22)3-7-21(8-4-18)14-17-20-6-11-24-17;3*3-2(4,5)1(6)7/h1-2,5-6,11-12H,3-4,7-10,13-15H2;3*(H,6,7). The minimum Gasteiger partial charge on any atom is -0.475 e. The number of morpholine rings is 1. The fourth-order valence-corrected chi connectivity index (χ4v) is 4.41. The molecule has 4 heterocycles. The smallest absolute Gasteiger partial charge is 0.475 e. The Labute approximate surface area is 252 Å². The molecule has 2 aromatic rings. The van der Waals surface area contributed by atoms with Crippen LogP contribution in [0.25, 0.3) is 0 Å². The van der Waals surface area contributed by atoms with Crippen molar-refractivity contribution in [2.24, 2.45) is 0 Å². The number of carbonyl (C=O) groups is 3. The van der Waals surface area contributed by atoms with E-state index in [0.717, 1.165) is 58.7 Å². The minimum absolute atomic E-state index is 0.0415. The van der Waals surface area contributed by atoms with Gasteiger partial charge in [-0.05, 0) is 24.5 Å². The number of halogens is 9. The van der Waals surface area contributed by atoms with Crippen molar-refractivity contribution in [3.05, 3.63) is 46.7 Å². The monoisotopic (exact) mass is 686 g/mol. The Kier molecular flexibility index (Phi) is 15.1. The van der Waals surface area contributed by atoms with Crippen molar-refractivity contribution in [2.75, 3.05) is 32.8 Å². The van der Waals surface area contributed by atoms with Crippen LogP contribution in [0.2, 0.25) is 0 Å². The number of thiazole rings is 1. The number of piperidine rings is 1. The molecular formula is C24H27F9N4O7S. The van der Waals surface area contributed by atoms with Gasteiger partial charge in [0.05, 0.1) is 18.8 Å². The summed E-state index contributed by atoms with van der Waals surface area (Å²) in [5.41, 5.74) is 1.33. The first-order chi connectivity index (χ1) is 20.6. The van der Waals surface area contributed by atoms with Gasteiger partial charge in [0.2, 0.25) is 0 Å². The lowest BCUT2D eigenvalue weighted by atomic mass is 9.89. The molecule has 45 heavy (non-hydrogen) atoms. The third-order valence-electron chi connectivity index (χ3n) is 5.79. The van der Waals surface area contributed by atoms with Crippen LogP contribution in [0, 0.1) is 0 Å². The number of nitrogens with zero attached hydrogens (tertiary/aromatic N) is 4. The lowest BCUT2D eigenvalue weighted by Gasteiger charge is -2.47. The van der Waals surface area contributed by atoms with E-state index in [1.54, 1.807) is 11.3 Å². The predicted octanol–water partition coefficient (Wildman–Crippen LogP) is 4.31. The SMILES string of the molecule is O=C(O)C(F)(F)F.O=C(O)C(F)(F)F.O=C(O)C(F)(F)F.c1cncc(CN2CCOC3(CCN(Cc4nccs4)CC3)C2)c1. The molecule has 2 aliphatic heterocycles. The molecule has 254 valence electrons. The summed E-state index contributed by atoms with van der Waals surface area (Å²) in [4.78, 5) is 40.4. The van der Waals surface area contributed by atoms with Crippen LogP contribution in [0.15, 0.2) is 36.1 Å². The normalized spacial score (nSPS) is 17.0. The summed E-state index contributed by atoms with van der Waals surface area (Å²) >= 11 is 1.75. The Morgan fingerprint density at radius 3 is 1.73 bits per heavy atom. The second-order valence-electron chi connectivity index (χ2n) is 9.21. The van der Waals surface area contributed by atoms with E-state index in [-0.39, 0.29) is 5.60 Å². The first-order valence-corrected chi connectivity index (χ1v) is 13.3. The van der Waals surface area contributed by atoms with Crippen molar-refractivity contribution in [3.63, 3.8) is 0 Å². The average Bonchev–Trinajstić information content (AvgIpc) is 3.44. The van der Waals surface area contributed by atoms with Crippen molar-refractivity contribution >= 4 is 29.2 Å². The Hall–Kier alpha value is -3.56. The maximum Gasteiger partial charge on any atom is 0.490 e. The van der Waals surface area contributed by atoms with Crippen molar-refractivity contribution in [1.82, 2.24) is 19.8 Å². The Bertz CT molecular complexity index is 1130. The number of rotatable bonds is 4. The van der Waals surface area contributed by atoms with Gasteiger partial charge in [-0.15, -0.1) is 11.3 Å². The highest BCUT2D eigenvalue weighted by Crippen LogP contribution is 2.31. The van der Waals surface area contributed by atoms with Gasteiger partial charge in [-0.2, -0.15) is 39.5 Å². The summed E-state index contributed by atoms with van der Waals surface area (Å²) in [6.45, 7) is 7.04. The Morgan fingerprint density at radius 2 is 1.33 bits per heavy atom. The zero-order valence-electron chi connectivity index (χ0n) is 22.9. The quantitative estimate of drug-likeness (QED) is 0.395. The number of aliphatic carboxylic acids is 3. The van der Waals surface area contributed by atoms with E-state index in [1.165, 1.54) is 10.6 Å². The number of alkyl halides is 9. The molecule has 2 aliphatic rings. The topological polar surface area (TPSA) is 153 Å². The van der Waals surface area contributed by atoms with E-state index in [2.05, 4.69) is 31.2 Å². The van der Waals surface area contributed by atoms with E-state index >= 15 is 0 Å². The minimum atomic E-state index is -5.08. The molecule has 0 amide bonds. The van der Waals surface area contributed by atoms with Crippen LogP contribution in [0.4, 0.5) is 39.5 Å². The number of hydrogen-bond donors (Lipinski definition) is 3. The van der Waals surface area contributed by atoms with Crippen molar-refractivity contribution in [3.8, 4) is 0 Å². The molecule has 0 bridgehead atoms. The molecule has 1 spiro atoms. The molecule has 0 unspecified atom stereocenters. The van der Waals surface area contributed by atoms with Gasteiger partial charge in [0.1, 0.15) is 5.01 Å². The van der Waals surface area contributed by atoms with E-state index in [0.29, 0.717) is 0 Å². The maximum absolute atomic E-state index is 10.6. The Balaban J connectivity index is 0.000000396. The number of ether oxygens (including phenoxy) is 1. The van der Waals surface area contributed by atoms with Gasteiger partial charge in [0.25, 0.3) is 0 Å². The molecule has 2 fully saturated rings. The molecule has 0 atom stereocenters. The molecule has 4 rings (SSSR count). The summed E-state index contributed by atoms with van der Waals surface area (Å²) in [6, 6.07) is 4.18. The van der Waals surface area contributed by atoms with Crippen LogP contribution in [0.5, 0.6) is 0 Å². The maximum atomic E-state index is 10.6. The molecule has 21 heteroatoms. The Morgan fingerprint density at radius 1 is 0.822 bits per heavy atom. The summed E-state index contributed by atoms with van der Waals surface area (Å²) in [6.07, 6.45) is -7.32. The fourth-order valence-electron chi connectivity index (χ4n) is 3.75. The molecule has 3 N–H and O–H groups in total. The van der Waals surface area contributed by atoms with Crippen molar-refractivity contribution in [1.29, 1.82) is 0 Å². The van der Waals surface area contributed by atoms with E-state index in [4.69, 9.17) is 34.4 Å². The van der Waals surface area contributed by atoms with Crippen LogP contribution in [-0.2, 0) is 32.2 Å². The number of carboxylic acids is 3. The number of hydrogen-bond acceptors (Lipinski definition) is 9. The lowest BCUT2D eigenvalue weighted by molar-refractivity contribution is -0.193. The highest BCUT2D eigenvalue weighted by molar-refractivity contribution is 7.09. The molecular weight excluding hydrogens is 659 g/mol. The van der Waals surface area contributed by atoms with Crippen LogP contribution in [0.1, 0.15) is 23.4 Å². The van der Waals surface area contributed by atoms with Crippen LogP contribution >= 0.6 is 11.3 Å². The molecule has 0 saturated carbocycles. The van der Waals surface area contributed by atoms with E-state index in [1.807, 2.05) is 24.7 Å². The number of aromatic nitrogens is 2. The summed E-state index contributed by atoms with van der Waals surface area (Å²) in [7, 11) is 0. The summed E-state index contributed by atoms with van der Waals surface area (Å²) in [5.74, 6) is -8.27. The summed E-state index contributed by atoms with van der Waals surface area (Å²) in [5, 5.41) is 24.6. The zero-order chi connectivity index (χ0) is 34.5. The van der Waals surface area contributed by atoms with E-state index < -0.39 is 36.4 Å². The second-order valence-corrected chi connectivity index (χ2v) is 10.2. The van der Waals surface area contributed by atoms with Gasteiger partial charge < -0.3 is 20.1 Å². The van der Waals surface area contributed by atoms with Gasteiger partial charge >= 0.3 is 36.4 Å². The average molecular weight is 687 g/mol. The molecule has 0 aliphatic carbocycles. The van der Waals surface area contributed by atoms with Crippen molar-refractivity contribution in [2.45, 2.75) is 50.1 Å². The largest absolute Gasteiger partial charge is 0.490 e. The van der Waals surface area contributed by atoms with Gasteiger partial charge in [0, 0.05) is 56.7 Å². The van der Waals surface area contributed by atoms with Crippen molar-refractivity contribution < 1.29 is 74.0 Å². The van der Waals surface area contributed by atoms with Gasteiger partial charge in [-0.25, -0.2) is 19.4 Å². The van der Waals surface area contributed by atoms with Crippen LogP contribution in [0.3, 0.4) is 0 Å². The summed E-state index contributed by atoms with van der Waals surface area (Å²) < 4.78 is 101. The second kappa shape index (κ2) is 17.2. The van der Waals surface area contributed by atoms with Gasteiger partial charge in [-0.3, -0.25) is 14.8 Å². The van der Waals surface area contributed by atoms with E-state index in [9.17, 15) is 39.5 Å². The number of carboxylic acid groups (broad SMARTS) is 3. The highest BCUT2D eigenvalue weighted by atomic mass is 32.1. The third kappa shape index (κ3) is 15.8. The molecule has 11 nitrogen and oxygen atoms in total. The fraction of sp³-hybridized carbons (Fsp3) is 0.542. The molecule has 2 aromatic heterocycles. The number of pyridine rings is 1. The first kappa shape index (κ1) is 39.5. The molecule has 0 radical (unpaired) electrons.